The molecule has 0 saturated carbocycles. The normalized spacial score (nSPS) is 25.8. The lowest BCUT2D eigenvalue weighted by molar-refractivity contribution is -0.138. The standard InChI is InChI=1S/C13H24N4O3/c1-11-9-14(2)3-8-17(11)13(20)16-6-4-15(5-7-16)10-12(18)19/h11H,3-10H2,1-2H3,(H,18,19). The van der Waals surface area contributed by atoms with E-state index in [0.29, 0.717) is 26.2 Å². The van der Waals surface area contributed by atoms with Crippen LogP contribution in [0.2, 0.25) is 0 Å². The zero-order valence-corrected chi connectivity index (χ0v) is 12.3. The summed E-state index contributed by atoms with van der Waals surface area (Å²) >= 11 is 0. The number of likely N-dealkylation sites (N-methyl/N-ethyl adjacent to an activating group) is 1. The highest BCUT2D eigenvalue weighted by Crippen LogP contribution is 2.12. The lowest BCUT2D eigenvalue weighted by Crippen LogP contribution is -2.59. The van der Waals surface area contributed by atoms with Crippen LogP contribution in [-0.4, -0.2) is 102 Å². The molecule has 0 aromatic heterocycles. The van der Waals surface area contributed by atoms with Gasteiger partial charge in [-0.1, -0.05) is 0 Å². The maximum absolute atomic E-state index is 12.5. The molecule has 0 spiro atoms. The topological polar surface area (TPSA) is 67.3 Å². The molecule has 0 aliphatic carbocycles. The van der Waals surface area contributed by atoms with Crippen molar-refractivity contribution in [1.29, 1.82) is 0 Å². The van der Waals surface area contributed by atoms with Crippen LogP contribution >= 0.6 is 0 Å². The molecular formula is C13H24N4O3. The van der Waals surface area contributed by atoms with E-state index >= 15 is 0 Å². The molecule has 2 saturated heterocycles. The monoisotopic (exact) mass is 284 g/mol. The molecule has 7 heteroatoms. The largest absolute Gasteiger partial charge is 0.480 e. The average Bonchev–Trinajstić information content (AvgIpc) is 2.38. The zero-order valence-electron chi connectivity index (χ0n) is 12.3. The number of piperazine rings is 2. The number of rotatable bonds is 2. The summed E-state index contributed by atoms with van der Waals surface area (Å²) in [4.78, 5) is 31.1. The maximum Gasteiger partial charge on any atom is 0.320 e. The van der Waals surface area contributed by atoms with E-state index < -0.39 is 5.97 Å². The first kappa shape index (κ1) is 15.1. The van der Waals surface area contributed by atoms with Gasteiger partial charge in [-0.3, -0.25) is 9.69 Å². The molecule has 1 unspecified atom stereocenters. The summed E-state index contributed by atoms with van der Waals surface area (Å²) in [6, 6.07) is 0.332. The number of carbonyl (C=O) groups excluding carboxylic acids is 1. The molecule has 0 aromatic rings. The molecule has 2 rings (SSSR count). The van der Waals surface area contributed by atoms with Crippen LogP contribution in [-0.2, 0) is 4.79 Å². The fourth-order valence-corrected chi connectivity index (χ4v) is 2.89. The van der Waals surface area contributed by atoms with E-state index in [4.69, 9.17) is 5.11 Å². The highest BCUT2D eigenvalue weighted by Gasteiger charge is 2.31. The minimum atomic E-state index is -0.808. The second-order valence-electron chi connectivity index (χ2n) is 5.74. The van der Waals surface area contributed by atoms with Gasteiger partial charge in [-0.25, -0.2) is 4.79 Å². The fraction of sp³-hybridized carbons (Fsp3) is 0.846. The number of aliphatic carboxylic acids is 1. The minimum Gasteiger partial charge on any atom is -0.480 e. The zero-order chi connectivity index (χ0) is 14.7. The van der Waals surface area contributed by atoms with Gasteiger partial charge in [0, 0.05) is 51.9 Å². The smallest absolute Gasteiger partial charge is 0.320 e. The molecule has 2 aliphatic rings. The summed E-state index contributed by atoms with van der Waals surface area (Å²) in [5.74, 6) is -0.808. The summed E-state index contributed by atoms with van der Waals surface area (Å²) < 4.78 is 0. The Labute approximate surface area is 119 Å². The molecule has 0 radical (unpaired) electrons. The van der Waals surface area contributed by atoms with Crippen molar-refractivity contribution in [1.82, 2.24) is 19.6 Å². The van der Waals surface area contributed by atoms with Gasteiger partial charge in [0.2, 0.25) is 0 Å². The van der Waals surface area contributed by atoms with Crippen LogP contribution in [0.4, 0.5) is 4.79 Å². The fourth-order valence-electron chi connectivity index (χ4n) is 2.89. The van der Waals surface area contributed by atoms with Crippen molar-refractivity contribution < 1.29 is 14.7 Å². The molecule has 2 fully saturated rings. The van der Waals surface area contributed by atoms with Gasteiger partial charge in [0.25, 0.3) is 0 Å². The molecule has 0 aromatic carbocycles. The van der Waals surface area contributed by atoms with Gasteiger partial charge in [-0.05, 0) is 14.0 Å². The number of carboxylic acid groups (broad SMARTS) is 1. The molecule has 2 amide bonds. The Morgan fingerprint density at radius 3 is 2.30 bits per heavy atom. The van der Waals surface area contributed by atoms with E-state index in [1.54, 1.807) is 0 Å². The Morgan fingerprint density at radius 2 is 1.75 bits per heavy atom. The number of carbonyl (C=O) groups is 2. The van der Waals surface area contributed by atoms with Gasteiger partial charge in [0.05, 0.1) is 6.54 Å². The lowest BCUT2D eigenvalue weighted by Gasteiger charge is -2.42. The number of urea groups is 1. The quantitative estimate of drug-likeness (QED) is 0.736. The van der Waals surface area contributed by atoms with Gasteiger partial charge in [-0.15, -0.1) is 0 Å². The molecule has 114 valence electrons. The first-order chi connectivity index (χ1) is 9.47. The van der Waals surface area contributed by atoms with Crippen molar-refractivity contribution in [3.63, 3.8) is 0 Å². The Balaban J connectivity index is 1.84. The van der Waals surface area contributed by atoms with E-state index in [9.17, 15) is 9.59 Å². The van der Waals surface area contributed by atoms with Crippen molar-refractivity contribution in [2.75, 3.05) is 59.4 Å². The number of hydrogen-bond acceptors (Lipinski definition) is 4. The van der Waals surface area contributed by atoms with Crippen molar-refractivity contribution in [3.8, 4) is 0 Å². The first-order valence-corrected chi connectivity index (χ1v) is 7.15. The van der Waals surface area contributed by atoms with Crippen molar-refractivity contribution >= 4 is 12.0 Å². The van der Waals surface area contributed by atoms with Crippen LogP contribution in [0.25, 0.3) is 0 Å². The Hall–Kier alpha value is -1.34. The highest BCUT2D eigenvalue weighted by molar-refractivity contribution is 5.75. The van der Waals surface area contributed by atoms with Gasteiger partial charge >= 0.3 is 12.0 Å². The summed E-state index contributed by atoms with van der Waals surface area (Å²) in [5.41, 5.74) is 0. The third-order valence-electron chi connectivity index (χ3n) is 4.08. The second kappa shape index (κ2) is 6.41. The van der Waals surface area contributed by atoms with E-state index in [0.717, 1.165) is 19.6 Å². The summed E-state index contributed by atoms with van der Waals surface area (Å²) in [7, 11) is 2.07. The highest BCUT2D eigenvalue weighted by atomic mass is 16.4. The predicted octanol–water partition coefficient (Wildman–Crippen LogP) is -0.555. The molecule has 7 nitrogen and oxygen atoms in total. The molecular weight excluding hydrogens is 260 g/mol. The van der Waals surface area contributed by atoms with Crippen LogP contribution in [0.3, 0.4) is 0 Å². The number of carboxylic acids is 1. The Morgan fingerprint density at radius 1 is 1.10 bits per heavy atom. The summed E-state index contributed by atoms with van der Waals surface area (Å²) in [5, 5.41) is 8.77. The Bertz CT molecular complexity index is 369. The predicted molar refractivity (Wildman–Crippen MR) is 74.7 cm³/mol. The van der Waals surface area contributed by atoms with Crippen LogP contribution in [0.1, 0.15) is 6.92 Å². The summed E-state index contributed by atoms with van der Waals surface area (Å²) in [6.07, 6.45) is 0. The van der Waals surface area contributed by atoms with E-state index in [2.05, 4.69) is 18.9 Å². The molecule has 2 heterocycles. The van der Waals surface area contributed by atoms with Crippen molar-refractivity contribution in [2.24, 2.45) is 0 Å². The summed E-state index contributed by atoms with van der Waals surface area (Å²) in [6.45, 7) is 7.24. The molecule has 20 heavy (non-hydrogen) atoms. The first-order valence-electron chi connectivity index (χ1n) is 7.15. The number of nitrogens with zero attached hydrogens (tertiary/aromatic N) is 4. The maximum atomic E-state index is 12.5. The van der Waals surface area contributed by atoms with Crippen LogP contribution in [0, 0.1) is 0 Å². The SMILES string of the molecule is CC1CN(C)CCN1C(=O)N1CCN(CC(=O)O)CC1. The van der Waals surface area contributed by atoms with Gasteiger partial charge in [0.1, 0.15) is 0 Å². The van der Waals surface area contributed by atoms with Crippen molar-refractivity contribution in [2.45, 2.75) is 13.0 Å². The lowest BCUT2D eigenvalue weighted by atomic mass is 10.2. The van der Waals surface area contributed by atoms with E-state index in [1.165, 1.54) is 0 Å². The van der Waals surface area contributed by atoms with Crippen LogP contribution < -0.4 is 0 Å². The van der Waals surface area contributed by atoms with E-state index in [-0.39, 0.29) is 18.6 Å². The van der Waals surface area contributed by atoms with Gasteiger partial charge in [0.15, 0.2) is 0 Å². The molecule has 0 bridgehead atoms. The third kappa shape index (κ3) is 3.61. The van der Waals surface area contributed by atoms with E-state index in [1.807, 2.05) is 14.7 Å². The molecule has 1 N–H and O–H groups in total. The number of hydrogen-bond donors (Lipinski definition) is 1. The molecule has 1 atom stereocenters. The Kier molecular flexibility index (Phi) is 4.82. The van der Waals surface area contributed by atoms with Crippen LogP contribution in [0.5, 0.6) is 0 Å². The minimum absolute atomic E-state index is 0.0624. The van der Waals surface area contributed by atoms with Gasteiger partial charge in [-0.2, -0.15) is 0 Å². The average molecular weight is 284 g/mol. The second-order valence-corrected chi connectivity index (χ2v) is 5.74. The molecule has 2 aliphatic heterocycles. The van der Waals surface area contributed by atoms with Crippen LogP contribution in [0.15, 0.2) is 0 Å². The number of amides is 2. The van der Waals surface area contributed by atoms with Gasteiger partial charge < -0.3 is 19.8 Å². The third-order valence-corrected chi connectivity index (χ3v) is 4.08. The van der Waals surface area contributed by atoms with Crippen molar-refractivity contribution in [3.05, 3.63) is 0 Å².